The van der Waals surface area contributed by atoms with Crippen molar-refractivity contribution >= 4 is 0 Å². The van der Waals surface area contributed by atoms with Gasteiger partial charge in [0, 0.05) is 0 Å². The molecule has 0 N–H and O–H groups in total. The quantitative estimate of drug-likeness (QED) is 0.510. The molecule has 0 aliphatic carbocycles. The molecule has 0 aliphatic heterocycles. The van der Waals surface area contributed by atoms with Crippen LogP contribution in [-0.4, -0.2) is 0 Å². The zero-order chi connectivity index (χ0) is 7.82. The molecule has 0 amide bonds. The summed E-state index contributed by atoms with van der Waals surface area (Å²) in [4.78, 5) is 0. The van der Waals surface area contributed by atoms with Crippen LogP contribution in [0, 0.1) is 12.8 Å². The van der Waals surface area contributed by atoms with E-state index >= 15 is 0 Å². The maximum absolute atomic E-state index is 3.75. The van der Waals surface area contributed by atoms with E-state index in [0.717, 1.165) is 12.3 Å². The van der Waals surface area contributed by atoms with E-state index in [-0.39, 0.29) is 0 Å². The standard InChI is InChI=1S/C10H19/c1-4-6-8-10(3)9-7-5-2/h6,8,10H,1,4-5,7,9H2,2-3H3. The van der Waals surface area contributed by atoms with Gasteiger partial charge in [-0.3, -0.25) is 0 Å². The smallest absolute Gasteiger partial charge is 0.0262 e. The number of hydrogen-bond acceptors (Lipinski definition) is 0. The van der Waals surface area contributed by atoms with Crippen LogP contribution in [0.3, 0.4) is 0 Å². The molecule has 0 aliphatic rings. The van der Waals surface area contributed by atoms with Crippen LogP contribution in [0.5, 0.6) is 0 Å². The van der Waals surface area contributed by atoms with Crippen LogP contribution >= 0.6 is 0 Å². The lowest BCUT2D eigenvalue weighted by Gasteiger charge is -2.02. The molecule has 1 unspecified atom stereocenters. The van der Waals surface area contributed by atoms with Gasteiger partial charge in [-0.15, -0.1) is 0 Å². The number of allylic oxidation sites excluding steroid dienone is 2. The molecular formula is C10H19. The van der Waals surface area contributed by atoms with E-state index in [4.69, 9.17) is 0 Å². The highest BCUT2D eigenvalue weighted by molar-refractivity contribution is 4.86. The Kier molecular flexibility index (Phi) is 6.68. The highest BCUT2D eigenvalue weighted by atomic mass is 14.0. The van der Waals surface area contributed by atoms with Gasteiger partial charge in [0.15, 0.2) is 0 Å². The normalized spacial score (nSPS) is 14.3. The van der Waals surface area contributed by atoms with Gasteiger partial charge in [0.05, 0.1) is 0 Å². The molecule has 0 nitrogen and oxygen atoms in total. The van der Waals surface area contributed by atoms with E-state index in [0.29, 0.717) is 0 Å². The molecule has 0 fully saturated rings. The number of hydrogen-bond donors (Lipinski definition) is 0. The first-order chi connectivity index (χ1) is 4.81. The number of rotatable bonds is 5. The molecule has 0 heteroatoms. The van der Waals surface area contributed by atoms with Gasteiger partial charge < -0.3 is 0 Å². The van der Waals surface area contributed by atoms with Crippen molar-refractivity contribution in [3.8, 4) is 0 Å². The SMILES string of the molecule is [CH2]CC=CC(C)CCCC. The fraction of sp³-hybridized carbons (Fsp3) is 0.700. The van der Waals surface area contributed by atoms with Crippen LogP contribution in [0.2, 0.25) is 0 Å². The molecule has 59 valence electrons. The Hall–Kier alpha value is -0.260. The Morgan fingerprint density at radius 1 is 1.50 bits per heavy atom. The first-order valence-electron chi connectivity index (χ1n) is 4.27. The van der Waals surface area contributed by atoms with Gasteiger partial charge in [0.1, 0.15) is 0 Å². The molecule has 0 saturated carbocycles. The van der Waals surface area contributed by atoms with Crippen molar-refractivity contribution in [2.24, 2.45) is 5.92 Å². The average Bonchev–Trinajstić information content (AvgIpc) is 1.97. The summed E-state index contributed by atoms with van der Waals surface area (Å²) in [6.45, 7) is 8.25. The second-order valence-electron chi connectivity index (χ2n) is 2.84. The van der Waals surface area contributed by atoms with E-state index in [1.54, 1.807) is 0 Å². The highest BCUT2D eigenvalue weighted by Crippen LogP contribution is 2.08. The molecule has 0 saturated heterocycles. The van der Waals surface area contributed by atoms with Gasteiger partial charge in [0.2, 0.25) is 0 Å². The Labute approximate surface area is 65.3 Å². The van der Waals surface area contributed by atoms with Crippen LogP contribution in [0.1, 0.15) is 39.5 Å². The summed E-state index contributed by atoms with van der Waals surface area (Å²) in [6, 6.07) is 0. The van der Waals surface area contributed by atoms with Gasteiger partial charge in [-0.2, -0.15) is 0 Å². The molecule has 0 aromatic rings. The summed E-state index contributed by atoms with van der Waals surface area (Å²) < 4.78 is 0. The monoisotopic (exact) mass is 139 g/mol. The van der Waals surface area contributed by atoms with Crippen LogP contribution in [-0.2, 0) is 0 Å². The maximum Gasteiger partial charge on any atom is -0.0262 e. The van der Waals surface area contributed by atoms with Crippen molar-refractivity contribution < 1.29 is 0 Å². The molecule has 0 bridgehead atoms. The summed E-state index contributed by atoms with van der Waals surface area (Å²) in [5.41, 5.74) is 0. The van der Waals surface area contributed by atoms with Crippen molar-refractivity contribution in [3.05, 3.63) is 19.1 Å². The molecule has 1 atom stereocenters. The largest absolute Gasteiger partial charge is 0.0883 e. The lowest BCUT2D eigenvalue weighted by atomic mass is 10.0. The predicted molar refractivity (Wildman–Crippen MR) is 47.8 cm³/mol. The van der Waals surface area contributed by atoms with Gasteiger partial charge in [0.25, 0.3) is 0 Å². The third kappa shape index (κ3) is 5.87. The zero-order valence-corrected chi connectivity index (χ0v) is 7.27. The fourth-order valence-electron chi connectivity index (χ4n) is 0.951. The average molecular weight is 139 g/mol. The Morgan fingerprint density at radius 3 is 2.70 bits per heavy atom. The van der Waals surface area contributed by atoms with Gasteiger partial charge in [-0.05, 0) is 25.7 Å². The highest BCUT2D eigenvalue weighted by Gasteiger charge is 1.93. The summed E-state index contributed by atoms with van der Waals surface area (Å²) >= 11 is 0. The molecule has 0 rings (SSSR count). The van der Waals surface area contributed by atoms with E-state index in [2.05, 4.69) is 32.9 Å². The van der Waals surface area contributed by atoms with Crippen LogP contribution in [0.15, 0.2) is 12.2 Å². The molecule has 0 aromatic carbocycles. The lowest BCUT2D eigenvalue weighted by Crippen LogP contribution is -1.87. The molecule has 0 spiro atoms. The second kappa shape index (κ2) is 6.85. The maximum atomic E-state index is 3.75. The topological polar surface area (TPSA) is 0 Å². The van der Waals surface area contributed by atoms with Crippen molar-refractivity contribution in [2.75, 3.05) is 0 Å². The van der Waals surface area contributed by atoms with Gasteiger partial charge in [-0.25, -0.2) is 0 Å². The van der Waals surface area contributed by atoms with Crippen molar-refractivity contribution in [1.82, 2.24) is 0 Å². The van der Waals surface area contributed by atoms with Crippen LogP contribution in [0.25, 0.3) is 0 Å². The van der Waals surface area contributed by atoms with Crippen molar-refractivity contribution in [1.29, 1.82) is 0 Å². The minimum atomic E-state index is 0.752. The molecule has 1 radical (unpaired) electrons. The Balaban J connectivity index is 3.24. The van der Waals surface area contributed by atoms with Crippen LogP contribution < -0.4 is 0 Å². The van der Waals surface area contributed by atoms with Crippen molar-refractivity contribution in [2.45, 2.75) is 39.5 Å². The number of unbranched alkanes of at least 4 members (excludes halogenated alkanes) is 1. The molecular weight excluding hydrogens is 120 g/mol. The molecule has 0 heterocycles. The minimum absolute atomic E-state index is 0.752. The van der Waals surface area contributed by atoms with E-state index in [9.17, 15) is 0 Å². The third-order valence-electron chi connectivity index (χ3n) is 1.64. The second-order valence-corrected chi connectivity index (χ2v) is 2.84. The zero-order valence-electron chi connectivity index (χ0n) is 7.27. The molecule has 0 aromatic heterocycles. The first kappa shape index (κ1) is 9.74. The Morgan fingerprint density at radius 2 is 2.20 bits per heavy atom. The summed E-state index contributed by atoms with van der Waals surface area (Å²) in [7, 11) is 0. The first-order valence-corrected chi connectivity index (χ1v) is 4.27. The fourth-order valence-corrected chi connectivity index (χ4v) is 0.951. The van der Waals surface area contributed by atoms with E-state index < -0.39 is 0 Å². The van der Waals surface area contributed by atoms with Crippen LogP contribution in [0.4, 0.5) is 0 Å². The third-order valence-corrected chi connectivity index (χ3v) is 1.64. The van der Waals surface area contributed by atoms with E-state index in [1.807, 2.05) is 0 Å². The van der Waals surface area contributed by atoms with Gasteiger partial charge >= 0.3 is 0 Å². The summed E-state index contributed by atoms with van der Waals surface area (Å²) in [6.07, 6.45) is 9.33. The minimum Gasteiger partial charge on any atom is -0.0883 e. The summed E-state index contributed by atoms with van der Waals surface area (Å²) in [5, 5.41) is 0. The van der Waals surface area contributed by atoms with E-state index in [1.165, 1.54) is 19.3 Å². The summed E-state index contributed by atoms with van der Waals surface area (Å²) in [5.74, 6) is 0.752. The Bertz CT molecular complexity index is 82.0. The van der Waals surface area contributed by atoms with Crippen molar-refractivity contribution in [3.63, 3.8) is 0 Å². The molecule has 10 heavy (non-hydrogen) atoms. The lowest BCUT2D eigenvalue weighted by molar-refractivity contribution is 0.597. The predicted octanol–water partition coefficient (Wildman–Crippen LogP) is 3.59. The van der Waals surface area contributed by atoms with Gasteiger partial charge in [-0.1, -0.05) is 38.8 Å².